The van der Waals surface area contributed by atoms with E-state index in [0.717, 1.165) is 18.7 Å². The molecule has 4 nitrogen and oxygen atoms in total. The van der Waals surface area contributed by atoms with Crippen LogP contribution in [0.3, 0.4) is 0 Å². The predicted molar refractivity (Wildman–Crippen MR) is 79.5 cm³/mol. The summed E-state index contributed by atoms with van der Waals surface area (Å²) in [4.78, 5) is 15.6. The molecule has 0 fully saturated rings. The number of oxazole rings is 1. The number of methoxy groups -OCH3 is 1. The van der Waals surface area contributed by atoms with Crippen molar-refractivity contribution in [3.63, 3.8) is 0 Å². The Morgan fingerprint density at radius 1 is 1.22 bits per heavy atom. The third-order valence-corrected chi connectivity index (χ3v) is 3.48. The Morgan fingerprint density at radius 3 is 2.70 bits per heavy atom. The Balaban J connectivity index is 2.15. The molecule has 3 rings (SSSR count). The van der Waals surface area contributed by atoms with Crippen LogP contribution in [-0.4, -0.2) is 18.1 Å². The number of hydrogen-bond acceptors (Lipinski definition) is 4. The third kappa shape index (κ3) is 2.56. The van der Waals surface area contributed by atoms with Crippen molar-refractivity contribution in [3.05, 3.63) is 65.0 Å². The van der Waals surface area contributed by atoms with Gasteiger partial charge < -0.3 is 9.15 Å². The predicted octanol–water partition coefficient (Wildman–Crippen LogP) is 4.06. The summed E-state index contributed by atoms with van der Waals surface area (Å²) in [5, 5.41) is 0. The normalized spacial score (nSPS) is 11.7. The number of carbonyl (C=O) groups is 1. The van der Waals surface area contributed by atoms with Gasteiger partial charge in [0.25, 0.3) is 5.89 Å². The Bertz CT molecular complexity index is 886. The Hall–Kier alpha value is -2.76. The van der Waals surface area contributed by atoms with E-state index in [-0.39, 0.29) is 11.1 Å². The van der Waals surface area contributed by atoms with Gasteiger partial charge in [-0.3, -0.25) is 0 Å². The summed E-state index contributed by atoms with van der Waals surface area (Å²) >= 11 is 0. The minimum absolute atomic E-state index is 0.224. The summed E-state index contributed by atoms with van der Waals surface area (Å²) in [5.74, 6) is -5.15. The molecule has 6 heteroatoms. The lowest BCUT2D eigenvalue weighted by molar-refractivity contribution is 0.0125. The van der Waals surface area contributed by atoms with Crippen molar-refractivity contribution in [1.82, 2.24) is 4.98 Å². The van der Waals surface area contributed by atoms with Crippen LogP contribution in [0, 0.1) is 6.92 Å². The van der Waals surface area contributed by atoms with E-state index >= 15 is 0 Å². The molecule has 23 heavy (non-hydrogen) atoms. The first-order valence-electron chi connectivity index (χ1n) is 6.87. The van der Waals surface area contributed by atoms with Gasteiger partial charge in [0, 0.05) is 5.56 Å². The topological polar surface area (TPSA) is 52.3 Å². The molecule has 1 aromatic heterocycles. The van der Waals surface area contributed by atoms with Gasteiger partial charge in [0.05, 0.1) is 12.7 Å². The molecule has 0 saturated carbocycles. The van der Waals surface area contributed by atoms with Crippen LogP contribution in [0.1, 0.15) is 27.4 Å². The van der Waals surface area contributed by atoms with Crippen LogP contribution in [0.25, 0.3) is 11.1 Å². The summed E-state index contributed by atoms with van der Waals surface area (Å²) in [6.45, 7) is 1.83. The second-order valence-electron chi connectivity index (χ2n) is 5.10. The van der Waals surface area contributed by atoms with Crippen molar-refractivity contribution in [1.29, 1.82) is 0 Å². The SMILES string of the molecule is COC(=O)c1ccccc1C(F)(F)c1nc2cc(C)ccc2o1. The number of carbonyl (C=O) groups excluding carboxylic acids is 1. The van der Waals surface area contributed by atoms with E-state index in [1.54, 1.807) is 18.2 Å². The summed E-state index contributed by atoms with van der Waals surface area (Å²) in [6, 6.07) is 10.3. The summed E-state index contributed by atoms with van der Waals surface area (Å²) in [6.07, 6.45) is 0. The molecule has 0 amide bonds. The van der Waals surface area contributed by atoms with Gasteiger partial charge in [-0.25, -0.2) is 9.78 Å². The van der Waals surface area contributed by atoms with E-state index in [0.29, 0.717) is 5.52 Å². The molecule has 0 bridgehead atoms. The quantitative estimate of drug-likeness (QED) is 0.684. The molecule has 0 spiro atoms. The van der Waals surface area contributed by atoms with Gasteiger partial charge in [-0.05, 0) is 30.7 Å². The van der Waals surface area contributed by atoms with Crippen molar-refractivity contribution >= 4 is 17.1 Å². The van der Waals surface area contributed by atoms with Crippen molar-refractivity contribution in [2.75, 3.05) is 7.11 Å². The fourth-order valence-corrected chi connectivity index (χ4v) is 2.33. The molecule has 0 aliphatic heterocycles. The molecular weight excluding hydrogens is 304 g/mol. The molecule has 2 aromatic carbocycles. The largest absolute Gasteiger partial charge is 0.465 e. The molecule has 0 aliphatic carbocycles. The zero-order valence-corrected chi connectivity index (χ0v) is 12.5. The number of hydrogen-bond donors (Lipinski definition) is 0. The summed E-state index contributed by atoms with van der Waals surface area (Å²) in [5.41, 5.74) is 0.764. The average molecular weight is 317 g/mol. The standard InChI is InChI=1S/C17H13F2NO3/c1-10-7-8-14-13(9-10)20-16(23-14)17(18,19)12-6-4-3-5-11(12)15(21)22-2/h3-9H,1-2H3. The molecule has 118 valence electrons. The molecule has 1 heterocycles. The zero-order chi connectivity index (χ0) is 16.6. The number of esters is 1. The number of aryl methyl sites for hydroxylation is 1. The maximum atomic E-state index is 14.8. The van der Waals surface area contributed by atoms with Crippen LogP contribution in [0.15, 0.2) is 46.9 Å². The van der Waals surface area contributed by atoms with E-state index in [1.807, 2.05) is 6.92 Å². The van der Waals surface area contributed by atoms with Gasteiger partial charge in [-0.15, -0.1) is 0 Å². The lowest BCUT2D eigenvalue weighted by Gasteiger charge is -2.15. The molecule has 0 saturated heterocycles. The van der Waals surface area contributed by atoms with Crippen molar-refractivity contribution in [2.24, 2.45) is 0 Å². The van der Waals surface area contributed by atoms with Crippen molar-refractivity contribution in [3.8, 4) is 0 Å². The fraction of sp³-hybridized carbons (Fsp3) is 0.176. The number of fused-ring (bicyclic) bond motifs is 1. The number of alkyl halides is 2. The molecule has 0 atom stereocenters. The van der Waals surface area contributed by atoms with E-state index in [1.165, 1.54) is 18.2 Å². The maximum absolute atomic E-state index is 14.8. The molecule has 0 N–H and O–H groups in total. The number of nitrogens with zero attached hydrogens (tertiary/aromatic N) is 1. The Kier molecular flexibility index (Phi) is 3.60. The first-order valence-corrected chi connectivity index (χ1v) is 6.87. The van der Waals surface area contributed by atoms with Crippen LogP contribution in [0.2, 0.25) is 0 Å². The molecule has 0 aliphatic rings. The Morgan fingerprint density at radius 2 is 1.96 bits per heavy atom. The highest BCUT2D eigenvalue weighted by Gasteiger charge is 2.42. The highest BCUT2D eigenvalue weighted by atomic mass is 19.3. The van der Waals surface area contributed by atoms with Gasteiger partial charge in [0.15, 0.2) is 5.58 Å². The van der Waals surface area contributed by atoms with E-state index in [2.05, 4.69) is 9.72 Å². The number of aromatic nitrogens is 1. The van der Waals surface area contributed by atoms with Crippen LogP contribution >= 0.6 is 0 Å². The zero-order valence-electron chi connectivity index (χ0n) is 12.5. The number of benzene rings is 2. The highest BCUT2D eigenvalue weighted by molar-refractivity contribution is 5.91. The fourth-order valence-electron chi connectivity index (χ4n) is 2.33. The molecular formula is C17H13F2NO3. The van der Waals surface area contributed by atoms with E-state index in [9.17, 15) is 13.6 Å². The van der Waals surface area contributed by atoms with Crippen molar-refractivity contribution in [2.45, 2.75) is 12.8 Å². The summed E-state index contributed by atoms with van der Waals surface area (Å²) in [7, 11) is 1.14. The monoisotopic (exact) mass is 317 g/mol. The van der Waals surface area contributed by atoms with Crippen LogP contribution in [0.4, 0.5) is 8.78 Å². The number of ether oxygens (including phenoxy) is 1. The van der Waals surface area contributed by atoms with Gasteiger partial charge in [0.2, 0.25) is 0 Å². The molecule has 3 aromatic rings. The molecule has 0 radical (unpaired) electrons. The van der Waals surface area contributed by atoms with Crippen LogP contribution < -0.4 is 0 Å². The number of rotatable bonds is 3. The minimum Gasteiger partial charge on any atom is -0.465 e. The van der Waals surface area contributed by atoms with E-state index in [4.69, 9.17) is 4.42 Å². The first kappa shape index (κ1) is 15.1. The molecule has 0 unspecified atom stereocenters. The maximum Gasteiger partial charge on any atom is 0.348 e. The smallest absolute Gasteiger partial charge is 0.348 e. The van der Waals surface area contributed by atoms with Gasteiger partial charge in [0.1, 0.15) is 5.52 Å². The Labute approximate surface area is 130 Å². The second-order valence-corrected chi connectivity index (χ2v) is 5.10. The average Bonchev–Trinajstić information content (AvgIpc) is 2.98. The third-order valence-electron chi connectivity index (χ3n) is 3.48. The lowest BCUT2D eigenvalue weighted by atomic mass is 10.0. The lowest BCUT2D eigenvalue weighted by Crippen LogP contribution is -2.20. The van der Waals surface area contributed by atoms with Crippen molar-refractivity contribution < 1.29 is 22.7 Å². The number of halogens is 2. The van der Waals surface area contributed by atoms with Gasteiger partial charge in [-0.1, -0.05) is 24.3 Å². The minimum atomic E-state index is -3.56. The highest BCUT2D eigenvalue weighted by Crippen LogP contribution is 2.38. The first-order chi connectivity index (χ1) is 10.9. The van der Waals surface area contributed by atoms with E-state index < -0.39 is 23.3 Å². The second kappa shape index (κ2) is 5.46. The summed E-state index contributed by atoms with van der Waals surface area (Å²) < 4.78 is 39.4. The van der Waals surface area contributed by atoms with Crippen LogP contribution in [-0.2, 0) is 10.7 Å². The van der Waals surface area contributed by atoms with Gasteiger partial charge >= 0.3 is 11.9 Å². The van der Waals surface area contributed by atoms with Gasteiger partial charge in [-0.2, -0.15) is 8.78 Å². The van der Waals surface area contributed by atoms with Crippen LogP contribution in [0.5, 0.6) is 0 Å².